The molecule has 116 valence electrons. The molecule has 0 bridgehead atoms. The lowest BCUT2D eigenvalue weighted by molar-refractivity contribution is 0.199. The van der Waals surface area contributed by atoms with Crippen molar-refractivity contribution in [1.29, 1.82) is 0 Å². The van der Waals surface area contributed by atoms with Crippen molar-refractivity contribution < 1.29 is 0 Å². The van der Waals surface area contributed by atoms with Crippen LogP contribution in [0.3, 0.4) is 0 Å². The fourth-order valence-electron chi connectivity index (χ4n) is 2.31. The normalized spacial score (nSPS) is 15.0. The minimum Gasteiger partial charge on any atom is -0.316 e. The Morgan fingerprint density at radius 3 is 2.55 bits per heavy atom. The highest BCUT2D eigenvalue weighted by Crippen LogP contribution is 2.30. The summed E-state index contributed by atoms with van der Waals surface area (Å²) in [6.45, 7) is 16.7. The number of rotatable bonds is 9. The van der Waals surface area contributed by atoms with E-state index in [9.17, 15) is 0 Å². The maximum atomic E-state index is 4.49. The van der Waals surface area contributed by atoms with Crippen LogP contribution in [-0.2, 0) is 13.0 Å². The number of hydrogen-bond donors (Lipinski definition) is 1. The molecule has 4 heteroatoms. The van der Waals surface area contributed by atoms with Gasteiger partial charge in [-0.15, -0.1) is 0 Å². The summed E-state index contributed by atoms with van der Waals surface area (Å²) in [5, 5.41) is 7.95. The van der Waals surface area contributed by atoms with Crippen molar-refractivity contribution in [2.24, 2.45) is 17.3 Å². The molecule has 0 amide bonds. The first-order valence-electron chi connectivity index (χ1n) is 7.96. The lowest BCUT2D eigenvalue weighted by Crippen LogP contribution is -2.39. The Bertz CT molecular complexity index is 384. The van der Waals surface area contributed by atoms with E-state index in [1.54, 1.807) is 6.33 Å². The minimum atomic E-state index is 0.219. The molecule has 1 heterocycles. The summed E-state index contributed by atoms with van der Waals surface area (Å²) in [7, 11) is 0. The molecular formula is C16H32N4. The fraction of sp³-hybridized carbons (Fsp3) is 0.875. The summed E-state index contributed by atoms with van der Waals surface area (Å²) >= 11 is 0. The Hall–Kier alpha value is -0.900. The summed E-state index contributed by atoms with van der Waals surface area (Å²) in [6, 6.07) is 0. The first-order chi connectivity index (χ1) is 9.39. The number of aromatic nitrogens is 3. The van der Waals surface area contributed by atoms with Gasteiger partial charge in [0.15, 0.2) is 0 Å². The van der Waals surface area contributed by atoms with Crippen LogP contribution in [0.2, 0.25) is 0 Å². The molecule has 1 aromatic heterocycles. The largest absolute Gasteiger partial charge is 0.316 e. The van der Waals surface area contributed by atoms with Crippen LogP contribution in [-0.4, -0.2) is 27.9 Å². The van der Waals surface area contributed by atoms with E-state index in [0.29, 0.717) is 11.8 Å². The Morgan fingerprint density at radius 2 is 2.00 bits per heavy atom. The predicted molar refractivity (Wildman–Crippen MR) is 84.7 cm³/mol. The highest BCUT2D eigenvalue weighted by molar-refractivity contribution is 4.95. The van der Waals surface area contributed by atoms with Crippen molar-refractivity contribution in [3.8, 4) is 0 Å². The van der Waals surface area contributed by atoms with Crippen LogP contribution in [0.4, 0.5) is 0 Å². The molecule has 1 atom stereocenters. The Kier molecular flexibility index (Phi) is 6.66. The van der Waals surface area contributed by atoms with Gasteiger partial charge in [-0.1, -0.05) is 41.5 Å². The third-order valence-electron chi connectivity index (χ3n) is 4.15. The molecule has 1 aromatic rings. The quantitative estimate of drug-likeness (QED) is 0.707. The van der Waals surface area contributed by atoms with Crippen molar-refractivity contribution in [3.05, 3.63) is 12.2 Å². The maximum absolute atomic E-state index is 4.49. The zero-order valence-corrected chi connectivity index (χ0v) is 14.1. The molecule has 1 unspecified atom stereocenters. The van der Waals surface area contributed by atoms with Gasteiger partial charge in [-0.25, -0.2) is 9.67 Å². The molecule has 1 N–H and O–H groups in total. The van der Waals surface area contributed by atoms with Gasteiger partial charge in [-0.05, 0) is 30.2 Å². The Morgan fingerprint density at radius 1 is 1.30 bits per heavy atom. The van der Waals surface area contributed by atoms with Crippen molar-refractivity contribution in [1.82, 2.24) is 20.1 Å². The van der Waals surface area contributed by atoms with Gasteiger partial charge in [-0.3, -0.25) is 0 Å². The molecule has 4 nitrogen and oxygen atoms in total. The van der Waals surface area contributed by atoms with E-state index in [4.69, 9.17) is 0 Å². The molecular weight excluding hydrogens is 248 g/mol. The molecule has 0 aliphatic rings. The van der Waals surface area contributed by atoms with E-state index in [-0.39, 0.29) is 5.41 Å². The minimum absolute atomic E-state index is 0.219. The van der Waals surface area contributed by atoms with Crippen LogP contribution in [0, 0.1) is 17.3 Å². The molecule has 0 saturated carbocycles. The monoisotopic (exact) mass is 280 g/mol. The molecule has 0 saturated heterocycles. The van der Waals surface area contributed by atoms with Crippen LogP contribution >= 0.6 is 0 Å². The first-order valence-corrected chi connectivity index (χ1v) is 7.96. The van der Waals surface area contributed by atoms with Gasteiger partial charge in [0.05, 0.1) is 0 Å². The SMILES string of the molecule is CCCNCC(C)(Cc1ncnn1CC(C)C)C(C)C. The smallest absolute Gasteiger partial charge is 0.138 e. The van der Waals surface area contributed by atoms with Gasteiger partial charge in [-0.2, -0.15) is 5.10 Å². The average Bonchev–Trinajstić information content (AvgIpc) is 2.75. The first kappa shape index (κ1) is 17.2. The number of hydrogen-bond acceptors (Lipinski definition) is 3. The van der Waals surface area contributed by atoms with E-state index in [2.05, 4.69) is 61.6 Å². The molecule has 0 aliphatic heterocycles. The van der Waals surface area contributed by atoms with Crippen molar-refractivity contribution in [3.63, 3.8) is 0 Å². The van der Waals surface area contributed by atoms with Gasteiger partial charge >= 0.3 is 0 Å². The number of nitrogens with zero attached hydrogens (tertiary/aromatic N) is 3. The summed E-state index contributed by atoms with van der Waals surface area (Å²) < 4.78 is 2.07. The third kappa shape index (κ3) is 4.89. The van der Waals surface area contributed by atoms with Crippen LogP contribution in [0.1, 0.15) is 53.8 Å². The van der Waals surface area contributed by atoms with Gasteiger partial charge in [0.25, 0.3) is 0 Å². The second-order valence-electron chi connectivity index (χ2n) is 6.91. The topological polar surface area (TPSA) is 42.7 Å². The molecule has 0 fully saturated rings. The van der Waals surface area contributed by atoms with E-state index in [0.717, 1.165) is 31.9 Å². The second-order valence-corrected chi connectivity index (χ2v) is 6.91. The maximum Gasteiger partial charge on any atom is 0.138 e. The summed E-state index contributed by atoms with van der Waals surface area (Å²) in [5.41, 5.74) is 0.219. The number of nitrogens with one attached hydrogen (secondary N) is 1. The van der Waals surface area contributed by atoms with Gasteiger partial charge in [0.1, 0.15) is 12.2 Å². The highest BCUT2D eigenvalue weighted by Gasteiger charge is 2.30. The molecule has 0 aliphatic carbocycles. The van der Waals surface area contributed by atoms with Gasteiger partial charge in [0, 0.05) is 19.5 Å². The van der Waals surface area contributed by atoms with E-state index in [1.165, 1.54) is 6.42 Å². The summed E-state index contributed by atoms with van der Waals surface area (Å²) in [6.07, 6.45) is 3.85. The predicted octanol–water partition coefficient (Wildman–Crippen LogP) is 3.14. The molecule has 20 heavy (non-hydrogen) atoms. The third-order valence-corrected chi connectivity index (χ3v) is 4.15. The summed E-state index contributed by atoms with van der Waals surface area (Å²) in [5.74, 6) is 2.32. The van der Waals surface area contributed by atoms with E-state index < -0.39 is 0 Å². The second kappa shape index (κ2) is 7.77. The zero-order chi connectivity index (χ0) is 15.2. The van der Waals surface area contributed by atoms with Crippen LogP contribution < -0.4 is 5.32 Å². The lowest BCUT2D eigenvalue weighted by atomic mass is 9.76. The Labute approximate surface area is 124 Å². The highest BCUT2D eigenvalue weighted by atomic mass is 15.3. The van der Waals surface area contributed by atoms with Gasteiger partial charge < -0.3 is 5.32 Å². The average molecular weight is 280 g/mol. The van der Waals surface area contributed by atoms with Crippen molar-refractivity contribution in [2.75, 3.05) is 13.1 Å². The fourth-order valence-corrected chi connectivity index (χ4v) is 2.31. The molecule has 0 spiro atoms. The van der Waals surface area contributed by atoms with Gasteiger partial charge in [0.2, 0.25) is 0 Å². The van der Waals surface area contributed by atoms with Crippen LogP contribution in [0.25, 0.3) is 0 Å². The molecule has 0 radical (unpaired) electrons. The zero-order valence-electron chi connectivity index (χ0n) is 14.1. The van der Waals surface area contributed by atoms with Crippen LogP contribution in [0.5, 0.6) is 0 Å². The van der Waals surface area contributed by atoms with Crippen LogP contribution in [0.15, 0.2) is 6.33 Å². The standard InChI is InChI=1S/C16H32N4/c1-7-8-17-11-16(6,14(4)5)9-15-18-12-19-20(15)10-13(2)3/h12-14,17H,7-11H2,1-6H3. The van der Waals surface area contributed by atoms with Crippen molar-refractivity contribution in [2.45, 2.75) is 60.9 Å². The van der Waals surface area contributed by atoms with E-state index >= 15 is 0 Å². The van der Waals surface area contributed by atoms with E-state index in [1.807, 2.05) is 0 Å². The van der Waals surface area contributed by atoms with Crippen molar-refractivity contribution >= 4 is 0 Å². The lowest BCUT2D eigenvalue weighted by Gasteiger charge is -2.34. The summed E-state index contributed by atoms with van der Waals surface area (Å²) in [4.78, 5) is 4.49. The Balaban J connectivity index is 2.77. The molecule has 0 aromatic carbocycles. The molecule has 1 rings (SSSR count).